The maximum Gasteiger partial charge on any atom is 0.260 e. The summed E-state index contributed by atoms with van der Waals surface area (Å²) in [4.78, 5) is 22.9. The number of carbonyl (C=O) groups is 1. The van der Waals surface area contributed by atoms with Crippen molar-refractivity contribution >= 4 is 5.91 Å². The molecule has 1 aromatic heterocycles. The lowest BCUT2D eigenvalue weighted by molar-refractivity contribution is -0.142. The zero-order valence-electron chi connectivity index (χ0n) is 14.7. The molecule has 1 fully saturated rings. The van der Waals surface area contributed by atoms with E-state index < -0.39 is 5.82 Å². The van der Waals surface area contributed by atoms with E-state index in [1.165, 1.54) is 12.1 Å². The number of hydrogen-bond acceptors (Lipinski definition) is 5. The van der Waals surface area contributed by atoms with Gasteiger partial charge < -0.3 is 14.4 Å². The number of nitrogens with zero attached hydrogens (tertiary/aromatic N) is 3. The van der Waals surface area contributed by atoms with Crippen molar-refractivity contribution < 1.29 is 18.7 Å². The van der Waals surface area contributed by atoms with Crippen molar-refractivity contribution in [3.8, 4) is 5.75 Å². The average molecular weight is 359 g/mol. The van der Waals surface area contributed by atoms with Gasteiger partial charge in [-0.3, -0.25) is 14.8 Å². The van der Waals surface area contributed by atoms with Crippen LogP contribution in [0.4, 0.5) is 4.39 Å². The van der Waals surface area contributed by atoms with Crippen molar-refractivity contribution in [3.05, 3.63) is 53.9 Å². The number of rotatable bonds is 6. The van der Waals surface area contributed by atoms with E-state index in [0.717, 1.165) is 24.2 Å². The molecule has 3 rings (SSSR count). The molecule has 7 heteroatoms. The molecule has 1 saturated heterocycles. The zero-order valence-corrected chi connectivity index (χ0v) is 14.7. The number of carbonyl (C=O) groups excluding carboxylic acids is 1. The summed E-state index contributed by atoms with van der Waals surface area (Å²) in [5.74, 6) is -0.171. The molecule has 0 bridgehead atoms. The smallest absolute Gasteiger partial charge is 0.260 e. The van der Waals surface area contributed by atoms with Crippen molar-refractivity contribution in [2.75, 3.05) is 26.4 Å². The molecule has 0 aliphatic carbocycles. The first-order valence-electron chi connectivity index (χ1n) is 8.65. The molecule has 1 aromatic carbocycles. The van der Waals surface area contributed by atoms with Crippen molar-refractivity contribution in [1.82, 2.24) is 14.9 Å². The highest BCUT2D eigenvalue weighted by atomic mass is 19.1. The van der Waals surface area contributed by atoms with Gasteiger partial charge in [-0.25, -0.2) is 4.39 Å². The highest BCUT2D eigenvalue weighted by Gasteiger charge is 2.27. The van der Waals surface area contributed by atoms with E-state index in [9.17, 15) is 9.18 Å². The van der Waals surface area contributed by atoms with Crippen molar-refractivity contribution in [2.45, 2.75) is 25.8 Å². The first-order valence-corrected chi connectivity index (χ1v) is 8.65. The number of morpholine rings is 1. The largest absolute Gasteiger partial charge is 0.484 e. The average Bonchev–Trinajstić information content (AvgIpc) is 2.66. The van der Waals surface area contributed by atoms with E-state index in [2.05, 4.69) is 9.97 Å². The number of halogens is 1. The Kier molecular flexibility index (Phi) is 6.12. The molecule has 2 aromatic rings. The van der Waals surface area contributed by atoms with E-state index in [0.29, 0.717) is 25.5 Å². The first kappa shape index (κ1) is 18.3. The predicted octanol–water partition coefficient (Wildman–Crippen LogP) is 2.16. The third kappa shape index (κ3) is 4.76. The molecular formula is C19H22FN3O3. The Morgan fingerprint density at radius 3 is 3.04 bits per heavy atom. The lowest BCUT2D eigenvalue weighted by Crippen LogP contribution is -2.50. The van der Waals surface area contributed by atoms with E-state index >= 15 is 0 Å². The van der Waals surface area contributed by atoms with Crippen LogP contribution in [0, 0.1) is 12.7 Å². The van der Waals surface area contributed by atoms with Gasteiger partial charge in [0, 0.05) is 25.0 Å². The Labute approximate surface area is 152 Å². The maximum atomic E-state index is 13.2. The number of aryl methyl sites for hydroxylation is 2. The lowest BCUT2D eigenvalue weighted by Gasteiger charge is -2.35. The van der Waals surface area contributed by atoms with Crippen LogP contribution in [0.25, 0.3) is 0 Å². The van der Waals surface area contributed by atoms with Gasteiger partial charge >= 0.3 is 0 Å². The molecule has 0 unspecified atom stereocenters. The molecule has 0 N–H and O–H groups in total. The topological polar surface area (TPSA) is 64.6 Å². The lowest BCUT2D eigenvalue weighted by atomic mass is 10.1. The predicted molar refractivity (Wildman–Crippen MR) is 93.3 cm³/mol. The molecule has 0 saturated carbocycles. The van der Waals surface area contributed by atoms with Gasteiger partial charge in [0.15, 0.2) is 6.61 Å². The van der Waals surface area contributed by atoms with Gasteiger partial charge in [0.25, 0.3) is 5.91 Å². The van der Waals surface area contributed by atoms with Gasteiger partial charge in [-0.1, -0.05) is 6.07 Å². The van der Waals surface area contributed by atoms with E-state index in [1.54, 1.807) is 29.4 Å². The molecule has 1 aliphatic heterocycles. The summed E-state index contributed by atoms with van der Waals surface area (Å²) in [5.41, 5.74) is 1.83. The van der Waals surface area contributed by atoms with E-state index in [4.69, 9.17) is 9.47 Å². The van der Waals surface area contributed by atoms with Crippen LogP contribution >= 0.6 is 0 Å². The Morgan fingerprint density at radius 2 is 2.23 bits per heavy atom. The van der Waals surface area contributed by atoms with Crippen molar-refractivity contribution in [1.29, 1.82) is 0 Å². The summed E-state index contributed by atoms with van der Waals surface area (Å²) in [6.45, 7) is 3.33. The zero-order chi connectivity index (χ0) is 18.4. The molecule has 26 heavy (non-hydrogen) atoms. The fraction of sp³-hybridized carbons (Fsp3) is 0.421. The fourth-order valence-corrected chi connectivity index (χ4v) is 2.99. The molecule has 0 spiro atoms. The highest BCUT2D eigenvalue weighted by Crippen LogP contribution is 2.16. The van der Waals surface area contributed by atoms with Crippen LogP contribution in [-0.2, 0) is 16.0 Å². The second-order valence-electron chi connectivity index (χ2n) is 6.19. The Morgan fingerprint density at radius 1 is 1.38 bits per heavy atom. The Balaban J connectivity index is 1.57. The van der Waals surface area contributed by atoms with Gasteiger partial charge in [0.2, 0.25) is 0 Å². The quantitative estimate of drug-likeness (QED) is 0.791. The molecule has 1 atom stereocenters. The first-order chi connectivity index (χ1) is 12.6. The van der Waals surface area contributed by atoms with Crippen LogP contribution in [0.5, 0.6) is 5.75 Å². The summed E-state index contributed by atoms with van der Waals surface area (Å²) in [6.07, 6.45) is 4.81. The third-order valence-electron chi connectivity index (χ3n) is 4.40. The second-order valence-corrected chi connectivity index (χ2v) is 6.19. The van der Waals surface area contributed by atoms with Crippen LogP contribution < -0.4 is 4.74 Å². The molecule has 1 amide bonds. The Hall–Kier alpha value is -2.54. The standard InChI is InChI=1S/C19H22FN3O3/c1-14-18(22-8-7-21-14)6-5-16-12-25-10-9-23(16)19(24)13-26-17-4-2-3-15(20)11-17/h2-4,7-8,11,16H,5-6,9-10,12-13H2,1H3/t16-/m0/s1. The minimum absolute atomic E-state index is 0.0336. The summed E-state index contributed by atoms with van der Waals surface area (Å²) in [7, 11) is 0. The number of amides is 1. The normalized spacial score (nSPS) is 17.2. The third-order valence-corrected chi connectivity index (χ3v) is 4.40. The Bertz CT molecular complexity index is 756. The van der Waals surface area contributed by atoms with Crippen LogP contribution in [-0.4, -0.2) is 53.2 Å². The van der Waals surface area contributed by atoms with Gasteiger partial charge in [0.1, 0.15) is 11.6 Å². The molecule has 2 heterocycles. The minimum Gasteiger partial charge on any atom is -0.484 e. The van der Waals surface area contributed by atoms with Crippen LogP contribution in [0.1, 0.15) is 17.8 Å². The van der Waals surface area contributed by atoms with Crippen LogP contribution in [0.2, 0.25) is 0 Å². The van der Waals surface area contributed by atoms with Crippen molar-refractivity contribution in [3.63, 3.8) is 0 Å². The number of aromatic nitrogens is 2. The fourth-order valence-electron chi connectivity index (χ4n) is 2.99. The van der Waals surface area contributed by atoms with Crippen molar-refractivity contribution in [2.24, 2.45) is 0 Å². The van der Waals surface area contributed by atoms with Gasteiger partial charge in [-0.2, -0.15) is 0 Å². The molecule has 1 aliphatic rings. The number of benzene rings is 1. The van der Waals surface area contributed by atoms with Crippen LogP contribution in [0.15, 0.2) is 36.7 Å². The molecule has 138 valence electrons. The summed E-state index contributed by atoms with van der Waals surface area (Å²) in [6, 6.07) is 5.75. The van der Waals surface area contributed by atoms with E-state index in [1.807, 2.05) is 6.92 Å². The molecule has 6 nitrogen and oxygen atoms in total. The molecular weight excluding hydrogens is 337 g/mol. The minimum atomic E-state index is -0.390. The summed E-state index contributed by atoms with van der Waals surface area (Å²) >= 11 is 0. The van der Waals surface area contributed by atoms with Crippen LogP contribution in [0.3, 0.4) is 0 Å². The molecule has 0 radical (unpaired) electrons. The monoisotopic (exact) mass is 359 g/mol. The highest BCUT2D eigenvalue weighted by molar-refractivity contribution is 5.78. The van der Waals surface area contributed by atoms with Gasteiger partial charge in [-0.15, -0.1) is 0 Å². The SMILES string of the molecule is Cc1nccnc1CC[C@H]1COCCN1C(=O)COc1cccc(F)c1. The van der Waals surface area contributed by atoms with Gasteiger partial charge in [-0.05, 0) is 31.9 Å². The second kappa shape index (κ2) is 8.71. The summed E-state index contributed by atoms with van der Waals surface area (Å²) < 4.78 is 24.2. The number of ether oxygens (including phenoxy) is 2. The van der Waals surface area contributed by atoms with Gasteiger partial charge in [0.05, 0.1) is 30.6 Å². The van der Waals surface area contributed by atoms with E-state index in [-0.39, 0.29) is 18.6 Å². The maximum absolute atomic E-state index is 13.2. The number of hydrogen-bond donors (Lipinski definition) is 0. The summed E-state index contributed by atoms with van der Waals surface area (Å²) in [5, 5.41) is 0.